The van der Waals surface area contributed by atoms with Gasteiger partial charge in [0.15, 0.2) is 0 Å². The van der Waals surface area contributed by atoms with Crippen LogP contribution in [0.1, 0.15) is 36.2 Å². The Morgan fingerprint density at radius 2 is 2.24 bits per heavy atom. The first-order valence-corrected chi connectivity index (χ1v) is 8.48. The van der Waals surface area contributed by atoms with E-state index < -0.39 is 6.10 Å². The van der Waals surface area contributed by atoms with Gasteiger partial charge in [-0.15, -0.1) is 0 Å². The van der Waals surface area contributed by atoms with Gasteiger partial charge in [0, 0.05) is 12.7 Å². The highest BCUT2D eigenvalue weighted by molar-refractivity contribution is 5.75. The van der Waals surface area contributed by atoms with Gasteiger partial charge < -0.3 is 15.3 Å². The number of nitrogens with zero attached hydrogens (tertiary/aromatic N) is 2. The van der Waals surface area contributed by atoms with Crippen molar-refractivity contribution in [2.75, 3.05) is 6.54 Å². The van der Waals surface area contributed by atoms with Crippen LogP contribution in [0, 0.1) is 5.82 Å². The molecule has 1 aliphatic rings. The average molecular weight is 343 g/mol. The number of aryl methyl sites for hydroxylation is 1. The predicted octanol–water partition coefficient (Wildman–Crippen LogP) is 2.80. The number of hydrogen-bond donors (Lipinski definition) is 2. The van der Waals surface area contributed by atoms with Gasteiger partial charge in [-0.05, 0) is 48.2 Å². The number of likely N-dealkylation sites (tertiary alicyclic amines) is 1. The van der Waals surface area contributed by atoms with Crippen LogP contribution in [0.25, 0.3) is 0 Å². The summed E-state index contributed by atoms with van der Waals surface area (Å²) in [5, 5.41) is 12.8. The Morgan fingerprint density at radius 3 is 3.00 bits per heavy atom. The van der Waals surface area contributed by atoms with Crippen LogP contribution < -0.4 is 5.32 Å². The first-order valence-electron chi connectivity index (χ1n) is 8.48. The number of β-amino-alcohol motifs (C(OH)–C–C–N with tert-alkyl or cyclic N) is 1. The van der Waals surface area contributed by atoms with Crippen molar-refractivity contribution in [3.63, 3.8) is 0 Å². The summed E-state index contributed by atoms with van der Waals surface area (Å²) < 4.78 is 13.5. The largest absolute Gasteiger partial charge is 0.391 e. The number of pyridine rings is 1. The van der Waals surface area contributed by atoms with E-state index in [0.29, 0.717) is 18.5 Å². The Labute approximate surface area is 146 Å². The van der Waals surface area contributed by atoms with E-state index in [-0.39, 0.29) is 24.4 Å². The molecule has 1 aromatic heterocycles. The van der Waals surface area contributed by atoms with Crippen molar-refractivity contribution < 1.29 is 14.3 Å². The maximum atomic E-state index is 13.5. The molecule has 1 aromatic carbocycles. The number of carbonyl (C=O) groups is 1. The molecule has 0 unspecified atom stereocenters. The lowest BCUT2D eigenvalue weighted by Gasteiger charge is -2.25. The third-order valence-corrected chi connectivity index (χ3v) is 4.48. The summed E-state index contributed by atoms with van der Waals surface area (Å²) in [7, 11) is 0. The number of hydrogen-bond acceptors (Lipinski definition) is 3. The van der Waals surface area contributed by atoms with Crippen LogP contribution >= 0.6 is 0 Å². The molecule has 2 atom stereocenters. The molecule has 2 amide bonds. The van der Waals surface area contributed by atoms with Crippen LogP contribution in [-0.4, -0.2) is 33.7 Å². The minimum Gasteiger partial charge on any atom is -0.391 e. The Hall–Kier alpha value is -2.47. The third kappa shape index (κ3) is 4.14. The minimum atomic E-state index is -0.611. The van der Waals surface area contributed by atoms with Gasteiger partial charge in [-0.2, -0.15) is 0 Å². The zero-order valence-corrected chi connectivity index (χ0v) is 14.2. The molecule has 6 heteroatoms. The smallest absolute Gasteiger partial charge is 0.318 e. The second kappa shape index (κ2) is 7.61. The topological polar surface area (TPSA) is 65.5 Å². The van der Waals surface area contributed by atoms with Gasteiger partial charge in [0.25, 0.3) is 0 Å². The molecule has 2 aromatic rings. The van der Waals surface area contributed by atoms with Crippen molar-refractivity contribution in [2.45, 2.75) is 38.5 Å². The molecule has 132 valence electrons. The number of aliphatic hydroxyl groups is 1. The van der Waals surface area contributed by atoms with Gasteiger partial charge in [0.05, 0.1) is 24.4 Å². The Kier molecular flexibility index (Phi) is 5.28. The van der Waals surface area contributed by atoms with Crippen LogP contribution in [0.3, 0.4) is 0 Å². The monoisotopic (exact) mass is 343 g/mol. The molecule has 3 rings (SSSR count). The maximum absolute atomic E-state index is 13.5. The SMILES string of the molecule is CCc1ccnc(CNC(=O)N2C[C@@H](O)C[C@H]2c2cccc(F)c2)c1. The average Bonchev–Trinajstić information content (AvgIpc) is 3.02. The number of aromatic nitrogens is 1. The maximum Gasteiger partial charge on any atom is 0.318 e. The number of amides is 2. The highest BCUT2D eigenvalue weighted by atomic mass is 19.1. The number of halogens is 1. The lowest BCUT2D eigenvalue weighted by Crippen LogP contribution is -2.40. The summed E-state index contributed by atoms with van der Waals surface area (Å²) in [4.78, 5) is 18.4. The molecular weight excluding hydrogens is 321 g/mol. The van der Waals surface area contributed by atoms with Crippen molar-refractivity contribution in [1.82, 2.24) is 15.2 Å². The number of benzene rings is 1. The molecule has 5 nitrogen and oxygen atoms in total. The van der Waals surface area contributed by atoms with Crippen LogP contribution in [0.15, 0.2) is 42.6 Å². The standard InChI is InChI=1S/C19H22FN3O2/c1-2-13-6-7-21-16(8-13)11-22-19(25)23-12-17(24)10-18(23)14-4-3-5-15(20)9-14/h3-9,17-18,24H,2,10-12H2,1H3,(H,22,25)/t17-,18-/m0/s1. The second-order valence-electron chi connectivity index (χ2n) is 6.28. The Balaban J connectivity index is 1.69. The second-order valence-corrected chi connectivity index (χ2v) is 6.28. The highest BCUT2D eigenvalue weighted by Gasteiger charge is 2.35. The highest BCUT2D eigenvalue weighted by Crippen LogP contribution is 2.32. The van der Waals surface area contributed by atoms with Crippen molar-refractivity contribution >= 4 is 6.03 Å². The van der Waals surface area contributed by atoms with Crippen molar-refractivity contribution in [3.05, 3.63) is 65.2 Å². The Morgan fingerprint density at radius 1 is 1.40 bits per heavy atom. The van der Waals surface area contributed by atoms with Gasteiger partial charge in [-0.1, -0.05) is 19.1 Å². The lowest BCUT2D eigenvalue weighted by molar-refractivity contribution is 0.169. The van der Waals surface area contributed by atoms with Crippen molar-refractivity contribution in [3.8, 4) is 0 Å². The van der Waals surface area contributed by atoms with E-state index >= 15 is 0 Å². The first kappa shape index (κ1) is 17.4. The molecule has 1 saturated heterocycles. The van der Waals surface area contributed by atoms with Crippen LogP contribution in [-0.2, 0) is 13.0 Å². The number of aliphatic hydroxyl groups excluding tert-OH is 1. The Bertz CT molecular complexity index is 753. The molecule has 2 N–H and O–H groups in total. The van der Waals surface area contributed by atoms with E-state index in [4.69, 9.17) is 0 Å². The van der Waals surface area contributed by atoms with Gasteiger partial charge in [-0.3, -0.25) is 4.98 Å². The molecule has 0 spiro atoms. The molecule has 0 radical (unpaired) electrons. The normalized spacial score (nSPS) is 19.9. The molecule has 0 saturated carbocycles. The van der Waals surface area contributed by atoms with Crippen molar-refractivity contribution in [1.29, 1.82) is 0 Å². The summed E-state index contributed by atoms with van der Waals surface area (Å²) in [6, 6.07) is 9.46. The summed E-state index contributed by atoms with van der Waals surface area (Å²) in [5.41, 5.74) is 2.64. The van der Waals surface area contributed by atoms with E-state index in [1.807, 2.05) is 12.1 Å². The summed E-state index contributed by atoms with van der Waals surface area (Å²) in [5.74, 6) is -0.347. The van der Waals surface area contributed by atoms with Gasteiger partial charge in [-0.25, -0.2) is 9.18 Å². The summed E-state index contributed by atoms with van der Waals surface area (Å²) in [6.45, 7) is 2.61. The molecule has 0 aliphatic carbocycles. The summed E-state index contributed by atoms with van der Waals surface area (Å²) in [6.07, 6.45) is 2.43. The van der Waals surface area contributed by atoms with E-state index in [1.165, 1.54) is 12.1 Å². The van der Waals surface area contributed by atoms with Gasteiger partial charge >= 0.3 is 6.03 Å². The van der Waals surface area contributed by atoms with E-state index in [0.717, 1.165) is 17.7 Å². The zero-order chi connectivity index (χ0) is 17.8. The van der Waals surface area contributed by atoms with E-state index in [1.54, 1.807) is 23.2 Å². The molecular formula is C19H22FN3O2. The first-order chi connectivity index (χ1) is 12.1. The number of rotatable bonds is 4. The molecule has 1 aliphatic heterocycles. The van der Waals surface area contributed by atoms with Gasteiger partial charge in [0.1, 0.15) is 5.82 Å². The fourth-order valence-corrected chi connectivity index (χ4v) is 3.18. The predicted molar refractivity (Wildman–Crippen MR) is 92.3 cm³/mol. The van der Waals surface area contributed by atoms with E-state index in [2.05, 4.69) is 17.2 Å². The molecule has 2 heterocycles. The fourth-order valence-electron chi connectivity index (χ4n) is 3.18. The fraction of sp³-hybridized carbons (Fsp3) is 0.368. The van der Waals surface area contributed by atoms with Crippen LogP contribution in [0.2, 0.25) is 0 Å². The van der Waals surface area contributed by atoms with Crippen molar-refractivity contribution in [2.24, 2.45) is 0 Å². The lowest BCUT2D eigenvalue weighted by atomic mass is 10.0. The molecule has 0 bridgehead atoms. The zero-order valence-electron chi connectivity index (χ0n) is 14.2. The minimum absolute atomic E-state index is 0.232. The molecule has 1 fully saturated rings. The third-order valence-electron chi connectivity index (χ3n) is 4.48. The van der Waals surface area contributed by atoms with Gasteiger partial charge in [0.2, 0.25) is 0 Å². The van der Waals surface area contributed by atoms with E-state index in [9.17, 15) is 14.3 Å². The number of carbonyl (C=O) groups excluding carboxylic acids is 1. The number of nitrogens with one attached hydrogen (secondary N) is 1. The summed E-state index contributed by atoms with van der Waals surface area (Å²) >= 11 is 0. The number of urea groups is 1. The van der Waals surface area contributed by atoms with Crippen LogP contribution in [0.4, 0.5) is 9.18 Å². The molecule has 25 heavy (non-hydrogen) atoms. The van der Waals surface area contributed by atoms with Crippen LogP contribution in [0.5, 0.6) is 0 Å². The quantitative estimate of drug-likeness (QED) is 0.897.